The lowest BCUT2D eigenvalue weighted by Gasteiger charge is -2.36. The quantitative estimate of drug-likeness (QED) is 0.832. The third-order valence-corrected chi connectivity index (χ3v) is 5.04. The van der Waals surface area contributed by atoms with Gasteiger partial charge in [0.1, 0.15) is 5.54 Å². The molecule has 0 bridgehead atoms. The maximum absolute atomic E-state index is 9.31. The van der Waals surface area contributed by atoms with Crippen LogP contribution < -0.4 is 5.32 Å². The average Bonchev–Trinajstić information content (AvgIpc) is 2.85. The van der Waals surface area contributed by atoms with E-state index in [1.54, 1.807) is 0 Å². The minimum Gasteiger partial charge on any atom is -0.302 e. The first-order chi connectivity index (χ1) is 8.73. The normalized spacial score (nSPS) is 34.6. The molecule has 0 aromatic carbocycles. The zero-order chi connectivity index (χ0) is 13.0. The molecule has 1 saturated carbocycles. The molecule has 1 aliphatic carbocycles. The van der Waals surface area contributed by atoms with Crippen LogP contribution in [0.15, 0.2) is 0 Å². The summed E-state index contributed by atoms with van der Waals surface area (Å²) in [5, 5.41) is 12.6. The van der Waals surface area contributed by atoms with E-state index in [2.05, 4.69) is 23.2 Å². The molecule has 0 spiro atoms. The molecule has 2 unspecified atom stereocenters. The van der Waals surface area contributed by atoms with E-state index in [1.165, 1.54) is 45.2 Å². The Hall–Kier alpha value is -0.590. The highest BCUT2D eigenvalue weighted by atomic mass is 15.2. The van der Waals surface area contributed by atoms with Crippen molar-refractivity contribution in [2.75, 3.05) is 20.1 Å². The SMILES string of the molecule is CCCC1CCN(C2CCC(C#N)(NC)C2)CC1. The van der Waals surface area contributed by atoms with Gasteiger partial charge in [0.05, 0.1) is 6.07 Å². The van der Waals surface area contributed by atoms with Gasteiger partial charge in [-0.3, -0.25) is 0 Å². The molecule has 0 aromatic heterocycles. The standard InChI is InChI=1S/C15H27N3/c1-3-4-13-6-9-18(10-7-13)14-5-8-15(11-14,12-16)17-2/h13-14,17H,3-11H2,1-2H3. The molecule has 1 saturated heterocycles. The van der Waals surface area contributed by atoms with Crippen LogP contribution in [0.5, 0.6) is 0 Å². The molecular formula is C15H27N3. The predicted octanol–water partition coefficient (Wildman–Crippen LogP) is 2.53. The van der Waals surface area contributed by atoms with E-state index in [4.69, 9.17) is 0 Å². The van der Waals surface area contributed by atoms with Crippen LogP contribution in [0.2, 0.25) is 0 Å². The minimum absolute atomic E-state index is 0.245. The van der Waals surface area contributed by atoms with Gasteiger partial charge in [-0.2, -0.15) is 5.26 Å². The molecule has 1 aliphatic heterocycles. The first-order valence-corrected chi connectivity index (χ1v) is 7.57. The Bertz CT molecular complexity index is 301. The van der Waals surface area contributed by atoms with Gasteiger partial charge in [0.25, 0.3) is 0 Å². The van der Waals surface area contributed by atoms with Gasteiger partial charge < -0.3 is 10.2 Å². The van der Waals surface area contributed by atoms with Crippen LogP contribution >= 0.6 is 0 Å². The molecule has 2 fully saturated rings. The van der Waals surface area contributed by atoms with Crippen molar-refractivity contribution >= 4 is 0 Å². The molecule has 2 atom stereocenters. The van der Waals surface area contributed by atoms with Crippen LogP contribution in [0.3, 0.4) is 0 Å². The topological polar surface area (TPSA) is 39.1 Å². The van der Waals surface area contributed by atoms with Gasteiger partial charge in [0.2, 0.25) is 0 Å². The molecule has 3 heteroatoms. The van der Waals surface area contributed by atoms with Crippen molar-refractivity contribution in [3.63, 3.8) is 0 Å². The second-order valence-corrected chi connectivity index (χ2v) is 6.11. The van der Waals surface area contributed by atoms with E-state index >= 15 is 0 Å². The fourth-order valence-corrected chi connectivity index (χ4v) is 3.73. The Balaban J connectivity index is 1.83. The molecule has 102 valence electrons. The maximum Gasteiger partial charge on any atom is 0.108 e. The number of hydrogen-bond acceptors (Lipinski definition) is 3. The molecule has 0 radical (unpaired) electrons. The number of hydrogen-bond donors (Lipinski definition) is 1. The fraction of sp³-hybridized carbons (Fsp3) is 0.933. The van der Waals surface area contributed by atoms with E-state index < -0.39 is 0 Å². The number of nitrogens with zero attached hydrogens (tertiary/aromatic N) is 2. The van der Waals surface area contributed by atoms with Crippen LogP contribution in [-0.4, -0.2) is 36.6 Å². The van der Waals surface area contributed by atoms with E-state index in [-0.39, 0.29) is 5.54 Å². The summed E-state index contributed by atoms with van der Waals surface area (Å²) < 4.78 is 0. The summed E-state index contributed by atoms with van der Waals surface area (Å²) in [6, 6.07) is 3.13. The number of nitriles is 1. The number of nitrogens with one attached hydrogen (secondary N) is 1. The summed E-state index contributed by atoms with van der Waals surface area (Å²) in [6.45, 7) is 4.79. The highest BCUT2D eigenvalue weighted by Crippen LogP contribution is 2.34. The Kier molecular flexibility index (Phi) is 4.64. The van der Waals surface area contributed by atoms with Crippen LogP contribution in [0.1, 0.15) is 51.9 Å². The highest BCUT2D eigenvalue weighted by molar-refractivity contribution is 5.13. The van der Waals surface area contributed by atoms with Crippen LogP contribution in [0, 0.1) is 17.2 Å². The zero-order valence-electron chi connectivity index (χ0n) is 11.9. The van der Waals surface area contributed by atoms with Gasteiger partial charge in [-0.25, -0.2) is 0 Å². The summed E-state index contributed by atoms with van der Waals surface area (Å²) in [6.07, 6.45) is 8.67. The molecule has 3 nitrogen and oxygen atoms in total. The van der Waals surface area contributed by atoms with Crippen molar-refractivity contribution in [3.05, 3.63) is 0 Å². The summed E-state index contributed by atoms with van der Waals surface area (Å²) in [5.41, 5.74) is -0.245. The lowest BCUT2D eigenvalue weighted by Crippen LogP contribution is -2.44. The molecule has 18 heavy (non-hydrogen) atoms. The molecule has 1 N–H and O–H groups in total. The van der Waals surface area contributed by atoms with E-state index in [1.807, 2.05) is 7.05 Å². The van der Waals surface area contributed by atoms with Crippen molar-refractivity contribution in [2.24, 2.45) is 5.92 Å². The summed E-state index contributed by atoms with van der Waals surface area (Å²) in [4.78, 5) is 2.64. The van der Waals surface area contributed by atoms with Gasteiger partial charge in [-0.1, -0.05) is 19.8 Å². The first-order valence-electron chi connectivity index (χ1n) is 7.57. The minimum atomic E-state index is -0.245. The van der Waals surface area contributed by atoms with Crippen LogP contribution in [0.4, 0.5) is 0 Å². The molecule has 1 heterocycles. The molecule has 0 aromatic rings. The smallest absolute Gasteiger partial charge is 0.108 e. The van der Waals surface area contributed by atoms with E-state index in [0.29, 0.717) is 6.04 Å². The predicted molar refractivity (Wildman–Crippen MR) is 74.2 cm³/mol. The first kappa shape index (κ1) is 13.8. The van der Waals surface area contributed by atoms with Crippen molar-refractivity contribution in [1.82, 2.24) is 10.2 Å². The monoisotopic (exact) mass is 249 g/mol. The third kappa shape index (κ3) is 2.87. The average molecular weight is 249 g/mol. The van der Waals surface area contributed by atoms with Gasteiger partial charge in [0, 0.05) is 6.04 Å². The van der Waals surface area contributed by atoms with Crippen molar-refractivity contribution in [3.8, 4) is 6.07 Å². The van der Waals surface area contributed by atoms with Gasteiger partial charge >= 0.3 is 0 Å². The fourth-order valence-electron chi connectivity index (χ4n) is 3.73. The Morgan fingerprint density at radius 2 is 2.06 bits per heavy atom. The van der Waals surface area contributed by atoms with Gasteiger partial charge in [0.15, 0.2) is 0 Å². The molecule has 2 aliphatic rings. The Morgan fingerprint density at radius 1 is 1.33 bits per heavy atom. The van der Waals surface area contributed by atoms with Gasteiger partial charge in [-0.15, -0.1) is 0 Å². The largest absolute Gasteiger partial charge is 0.302 e. The second kappa shape index (κ2) is 6.04. The molecular weight excluding hydrogens is 222 g/mol. The summed E-state index contributed by atoms with van der Waals surface area (Å²) >= 11 is 0. The lowest BCUT2D eigenvalue weighted by molar-refractivity contribution is 0.127. The van der Waals surface area contributed by atoms with Crippen molar-refractivity contribution < 1.29 is 0 Å². The third-order valence-electron chi connectivity index (χ3n) is 5.04. The van der Waals surface area contributed by atoms with E-state index in [0.717, 1.165) is 18.8 Å². The Labute approximate surface area is 112 Å². The van der Waals surface area contributed by atoms with Crippen molar-refractivity contribution in [2.45, 2.75) is 63.5 Å². The number of piperidine rings is 1. The van der Waals surface area contributed by atoms with Crippen LogP contribution in [0.25, 0.3) is 0 Å². The molecule has 2 rings (SSSR count). The zero-order valence-corrected chi connectivity index (χ0v) is 11.9. The summed E-state index contributed by atoms with van der Waals surface area (Å²) in [5.74, 6) is 0.956. The second-order valence-electron chi connectivity index (χ2n) is 6.11. The number of rotatable bonds is 4. The van der Waals surface area contributed by atoms with Gasteiger partial charge in [-0.05, 0) is 58.2 Å². The molecule has 0 amide bonds. The number of likely N-dealkylation sites (tertiary alicyclic amines) is 1. The van der Waals surface area contributed by atoms with E-state index in [9.17, 15) is 5.26 Å². The lowest BCUT2D eigenvalue weighted by atomic mass is 9.91. The Morgan fingerprint density at radius 3 is 2.56 bits per heavy atom. The van der Waals surface area contributed by atoms with Crippen LogP contribution in [-0.2, 0) is 0 Å². The van der Waals surface area contributed by atoms with Crippen molar-refractivity contribution in [1.29, 1.82) is 5.26 Å². The maximum atomic E-state index is 9.31. The summed E-state index contributed by atoms with van der Waals surface area (Å²) in [7, 11) is 1.93. The highest BCUT2D eigenvalue weighted by Gasteiger charge is 2.41.